The molecule has 0 aromatic heterocycles. The van der Waals surface area contributed by atoms with Crippen LogP contribution in [0.5, 0.6) is 0 Å². The first-order chi connectivity index (χ1) is 12.6. The first-order valence-electron chi connectivity index (χ1n) is 11.0. The second kappa shape index (κ2) is 11.9. The van der Waals surface area contributed by atoms with Crippen LogP contribution < -0.4 is 5.32 Å². The SMILES string of the molecule is CC.CC.CC(=O)NCC1CC12CCN(CCN1CCN(C)CC1)CC2. The average Bonchev–Trinajstić information content (AvgIpc) is 3.36. The molecule has 0 aromatic carbocycles. The van der Waals surface area contributed by atoms with E-state index in [0.717, 1.165) is 12.5 Å². The molecule has 5 heteroatoms. The predicted octanol–water partition coefficient (Wildman–Crippen LogP) is 2.52. The topological polar surface area (TPSA) is 38.8 Å². The van der Waals surface area contributed by atoms with Gasteiger partial charge in [-0.3, -0.25) is 9.69 Å². The quantitative estimate of drug-likeness (QED) is 0.809. The van der Waals surface area contributed by atoms with E-state index in [9.17, 15) is 4.79 Å². The third-order valence-electron chi connectivity index (χ3n) is 6.14. The first-order valence-corrected chi connectivity index (χ1v) is 11.0. The van der Waals surface area contributed by atoms with Gasteiger partial charge in [-0.25, -0.2) is 0 Å². The predicted molar refractivity (Wildman–Crippen MR) is 112 cm³/mol. The fourth-order valence-electron chi connectivity index (χ4n) is 4.18. The number of hydrogen-bond donors (Lipinski definition) is 1. The van der Waals surface area contributed by atoms with Crippen molar-refractivity contribution in [1.29, 1.82) is 0 Å². The molecule has 0 radical (unpaired) electrons. The first kappa shape index (κ1) is 23.4. The minimum atomic E-state index is 0.117. The van der Waals surface area contributed by atoms with Gasteiger partial charge >= 0.3 is 0 Å². The highest BCUT2D eigenvalue weighted by Crippen LogP contribution is 2.58. The summed E-state index contributed by atoms with van der Waals surface area (Å²) >= 11 is 0. The second-order valence-corrected chi connectivity index (χ2v) is 7.69. The number of rotatable bonds is 5. The van der Waals surface area contributed by atoms with E-state index in [0.29, 0.717) is 5.41 Å². The molecule has 154 valence electrons. The van der Waals surface area contributed by atoms with Crippen LogP contribution in [0.15, 0.2) is 0 Å². The average molecular weight is 369 g/mol. The number of carbonyl (C=O) groups excluding carboxylic acids is 1. The Morgan fingerprint density at radius 2 is 1.42 bits per heavy atom. The molecule has 2 saturated heterocycles. The van der Waals surface area contributed by atoms with E-state index < -0.39 is 0 Å². The van der Waals surface area contributed by atoms with Crippen molar-refractivity contribution in [2.75, 3.05) is 66.0 Å². The van der Waals surface area contributed by atoms with E-state index in [1.807, 2.05) is 27.7 Å². The maximum absolute atomic E-state index is 11.0. The zero-order valence-electron chi connectivity index (χ0n) is 18.3. The molecule has 1 atom stereocenters. The molecule has 5 nitrogen and oxygen atoms in total. The van der Waals surface area contributed by atoms with Gasteiger partial charge in [-0.2, -0.15) is 0 Å². The molecule has 1 saturated carbocycles. The van der Waals surface area contributed by atoms with Crippen molar-refractivity contribution in [1.82, 2.24) is 20.0 Å². The number of piperidine rings is 1. The highest BCUT2D eigenvalue weighted by molar-refractivity contribution is 5.72. The van der Waals surface area contributed by atoms with Gasteiger partial charge in [0.2, 0.25) is 5.91 Å². The Morgan fingerprint density at radius 1 is 0.923 bits per heavy atom. The van der Waals surface area contributed by atoms with Gasteiger partial charge in [0.1, 0.15) is 0 Å². The molecule has 1 spiro atoms. The summed E-state index contributed by atoms with van der Waals surface area (Å²) in [6.45, 7) is 20.4. The van der Waals surface area contributed by atoms with Crippen LogP contribution in [-0.4, -0.2) is 86.6 Å². The minimum absolute atomic E-state index is 0.117. The van der Waals surface area contributed by atoms with E-state index in [1.54, 1.807) is 6.92 Å². The summed E-state index contributed by atoms with van der Waals surface area (Å²) in [4.78, 5) is 18.7. The Kier molecular flexibility index (Phi) is 10.7. The Morgan fingerprint density at radius 3 is 1.92 bits per heavy atom. The van der Waals surface area contributed by atoms with Crippen molar-refractivity contribution < 1.29 is 4.79 Å². The fraction of sp³-hybridized carbons (Fsp3) is 0.952. The molecular weight excluding hydrogens is 324 g/mol. The van der Waals surface area contributed by atoms with Crippen LogP contribution in [0.2, 0.25) is 0 Å². The molecule has 2 aliphatic heterocycles. The zero-order valence-corrected chi connectivity index (χ0v) is 18.3. The van der Waals surface area contributed by atoms with E-state index >= 15 is 0 Å². The number of likely N-dealkylation sites (tertiary alicyclic amines) is 1. The summed E-state index contributed by atoms with van der Waals surface area (Å²) in [7, 11) is 2.22. The number of nitrogens with zero attached hydrogens (tertiary/aromatic N) is 3. The van der Waals surface area contributed by atoms with Gasteiger partial charge in [0.15, 0.2) is 0 Å². The van der Waals surface area contributed by atoms with Crippen molar-refractivity contribution in [3.05, 3.63) is 0 Å². The standard InChI is InChI=1S/C17H32N4O.2C2H6/c1-15(22)18-14-16-13-17(16)3-5-20(6-4-17)11-12-21-9-7-19(2)8-10-21;2*1-2/h16H,3-14H2,1-2H3,(H,18,22);2*1-2H3. The molecular formula is C21H44N4O. The van der Waals surface area contributed by atoms with E-state index in [-0.39, 0.29) is 5.91 Å². The van der Waals surface area contributed by atoms with Crippen molar-refractivity contribution in [2.45, 2.75) is 53.9 Å². The maximum Gasteiger partial charge on any atom is 0.216 e. The lowest BCUT2D eigenvalue weighted by Gasteiger charge is -2.36. The number of carbonyl (C=O) groups is 1. The fourth-order valence-corrected chi connectivity index (χ4v) is 4.18. The van der Waals surface area contributed by atoms with E-state index in [2.05, 4.69) is 27.1 Å². The lowest BCUT2D eigenvalue weighted by molar-refractivity contribution is -0.119. The van der Waals surface area contributed by atoms with Crippen LogP contribution in [0.25, 0.3) is 0 Å². The van der Waals surface area contributed by atoms with Gasteiger partial charge in [-0.15, -0.1) is 0 Å². The third kappa shape index (κ3) is 7.16. The number of likely N-dealkylation sites (N-methyl/N-ethyl adjacent to an activating group) is 1. The zero-order chi connectivity index (χ0) is 19.6. The third-order valence-corrected chi connectivity index (χ3v) is 6.14. The summed E-state index contributed by atoms with van der Waals surface area (Å²) in [5.41, 5.74) is 0.576. The summed E-state index contributed by atoms with van der Waals surface area (Å²) in [6.07, 6.45) is 4.00. The van der Waals surface area contributed by atoms with Crippen molar-refractivity contribution >= 4 is 5.91 Å². The van der Waals surface area contributed by atoms with Gasteiger partial charge in [0.05, 0.1) is 0 Å². The Bertz CT molecular complexity index is 385. The molecule has 26 heavy (non-hydrogen) atoms. The molecule has 3 aliphatic rings. The molecule has 2 heterocycles. The molecule has 0 aromatic rings. The van der Waals surface area contributed by atoms with Gasteiger partial charge in [-0.1, -0.05) is 27.7 Å². The van der Waals surface area contributed by atoms with Crippen LogP contribution in [0.1, 0.15) is 53.9 Å². The summed E-state index contributed by atoms with van der Waals surface area (Å²) in [5.74, 6) is 0.864. The van der Waals surface area contributed by atoms with E-state index in [1.165, 1.54) is 71.6 Å². The highest BCUT2D eigenvalue weighted by Gasteiger charge is 2.54. The van der Waals surface area contributed by atoms with Crippen molar-refractivity contribution in [3.8, 4) is 0 Å². The van der Waals surface area contributed by atoms with Gasteiger partial charge in [-0.05, 0) is 50.7 Å². The minimum Gasteiger partial charge on any atom is -0.356 e. The smallest absolute Gasteiger partial charge is 0.216 e. The van der Waals surface area contributed by atoms with Gasteiger partial charge in [0, 0.05) is 52.7 Å². The summed E-state index contributed by atoms with van der Waals surface area (Å²) in [5, 5.41) is 3.00. The number of hydrogen-bond acceptors (Lipinski definition) is 4. The monoisotopic (exact) mass is 368 g/mol. The lowest BCUT2D eigenvalue weighted by atomic mass is 9.91. The molecule has 1 aliphatic carbocycles. The van der Waals surface area contributed by atoms with Crippen molar-refractivity contribution in [2.24, 2.45) is 11.3 Å². The summed E-state index contributed by atoms with van der Waals surface area (Å²) < 4.78 is 0. The lowest BCUT2D eigenvalue weighted by Crippen LogP contribution is -2.48. The largest absolute Gasteiger partial charge is 0.356 e. The van der Waals surface area contributed by atoms with Crippen LogP contribution >= 0.6 is 0 Å². The summed E-state index contributed by atoms with van der Waals surface area (Å²) in [6, 6.07) is 0. The van der Waals surface area contributed by atoms with Gasteiger partial charge < -0.3 is 15.1 Å². The molecule has 3 fully saturated rings. The number of amides is 1. The normalized spacial score (nSPS) is 25.5. The maximum atomic E-state index is 11.0. The second-order valence-electron chi connectivity index (χ2n) is 7.69. The molecule has 3 rings (SSSR count). The number of piperazine rings is 1. The van der Waals surface area contributed by atoms with Crippen LogP contribution in [0.3, 0.4) is 0 Å². The van der Waals surface area contributed by atoms with Crippen LogP contribution in [0.4, 0.5) is 0 Å². The molecule has 1 N–H and O–H groups in total. The van der Waals surface area contributed by atoms with Gasteiger partial charge in [0.25, 0.3) is 0 Å². The van der Waals surface area contributed by atoms with Crippen molar-refractivity contribution in [3.63, 3.8) is 0 Å². The van der Waals surface area contributed by atoms with E-state index in [4.69, 9.17) is 0 Å². The molecule has 1 amide bonds. The highest BCUT2D eigenvalue weighted by atomic mass is 16.1. The Balaban J connectivity index is 0.000000791. The van der Waals surface area contributed by atoms with Crippen LogP contribution in [0, 0.1) is 11.3 Å². The Labute approximate surface area is 162 Å². The molecule has 0 bridgehead atoms. The number of nitrogens with one attached hydrogen (secondary N) is 1. The molecule has 1 unspecified atom stereocenters. The van der Waals surface area contributed by atoms with Crippen LogP contribution in [-0.2, 0) is 4.79 Å². The Hall–Kier alpha value is -0.650.